The van der Waals surface area contributed by atoms with Crippen LogP contribution in [-0.2, 0) is 14.3 Å². The van der Waals surface area contributed by atoms with Crippen LogP contribution in [0.15, 0.2) is 0 Å². The van der Waals surface area contributed by atoms with Gasteiger partial charge in [0.1, 0.15) is 6.04 Å². The number of nitrogens with zero attached hydrogens (tertiary/aromatic N) is 2. The van der Waals surface area contributed by atoms with E-state index in [1.807, 2.05) is 0 Å². The first kappa shape index (κ1) is 14.1. The largest absolute Gasteiger partial charge is 0.378 e. The Morgan fingerprint density at radius 3 is 1.95 bits per heavy atom. The number of rotatable bonds is 2. The van der Waals surface area contributed by atoms with Crippen molar-refractivity contribution in [3.8, 4) is 0 Å². The summed E-state index contributed by atoms with van der Waals surface area (Å²) in [5, 5.41) is 2.75. The molecule has 0 radical (unpaired) electrons. The van der Waals surface area contributed by atoms with Gasteiger partial charge < -0.3 is 24.6 Å². The standard InChI is InChI=1S/C12H21N3O4/c1-10(11(16)14-2-6-18-7-3-14)13-12(17)15-4-8-19-9-5-15/h10H,2-9H2,1H3,(H,13,17)/t10-/m1/s1. The van der Waals surface area contributed by atoms with Gasteiger partial charge in [-0.05, 0) is 6.92 Å². The Morgan fingerprint density at radius 1 is 0.947 bits per heavy atom. The highest BCUT2D eigenvalue weighted by atomic mass is 16.5. The molecule has 0 aliphatic carbocycles. The van der Waals surface area contributed by atoms with Gasteiger partial charge in [0.15, 0.2) is 0 Å². The van der Waals surface area contributed by atoms with Crippen LogP contribution >= 0.6 is 0 Å². The summed E-state index contributed by atoms with van der Waals surface area (Å²) in [5.74, 6) is -0.0510. The number of hydrogen-bond acceptors (Lipinski definition) is 4. The minimum atomic E-state index is -0.506. The monoisotopic (exact) mass is 271 g/mol. The number of hydrogen-bond donors (Lipinski definition) is 1. The van der Waals surface area contributed by atoms with Crippen LogP contribution in [0, 0.1) is 0 Å². The quantitative estimate of drug-likeness (QED) is 0.719. The summed E-state index contributed by atoms with van der Waals surface area (Å²) in [6.45, 7) is 6.29. The zero-order chi connectivity index (χ0) is 13.7. The van der Waals surface area contributed by atoms with Crippen LogP contribution in [0.3, 0.4) is 0 Å². The van der Waals surface area contributed by atoms with Crippen molar-refractivity contribution in [2.45, 2.75) is 13.0 Å². The lowest BCUT2D eigenvalue weighted by atomic mass is 10.2. The van der Waals surface area contributed by atoms with Crippen molar-refractivity contribution in [3.05, 3.63) is 0 Å². The molecule has 2 aliphatic rings. The fraction of sp³-hybridized carbons (Fsp3) is 0.833. The van der Waals surface area contributed by atoms with Crippen LogP contribution in [0.1, 0.15) is 6.92 Å². The topological polar surface area (TPSA) is 71.1 Å². The highest BCUT2D eigenvalue weighted by Crippen LogP contribution is 2.02. The van der Waals surface area contributed by atoms with Gasteiger partial charge in [-0.2, -0.15) is 0 Å². The Hall–Kier alpha value is -1.34. The van der Waals surface area contributed by atoms with Crippen LogP contribution in [0.4, 0.5) is 4.79 Å². The minimum Gasteiger partial charge on any atom is -0.378 e. The van der Waals surface area contributed by atoms with Gasteiger partial charge >= 0.3 is 6.03 Å². The van der Waals surface area contributed by atoms with Gasteiger partial charge in [-0.1, -0.05) is 0 Å². The fourth-order valence-electron chi connectivity index (χ4n) is 2.16. The third kappa shape index (κ3) is 3.81. The lowest BCUT2D eigenvalue weighted by molar-refractivity contribution is -0.136. The lowest BCUT2D eigenvalue weighted by Crippen LogP contribution is -2.54. The van der Waals surface area contributed by atoms with Gasteiger partial charge in [-0.3, -0.25) is 4.79 Å². The van der Waals surface area contributed by atoms with Crippen molar-refractivity contribution in [1.29, 1.82) is 0 Å². The Kier molecular flexibility index (Phi) is 4.98. The van der Waals surface area contributed by atoms with Crippen molar-refractivity contribution in [3.63, 3.8) is 0 Å². The molecule has 7 nitrogen and oxygen atoms in total. The van der Waals surface area contributed by atoms with E-state index in [1.54, 1.807) is 16.7 Å². The van der Waals surface area contributed by atoms with E-state index < -0.39 is 6.04 Å². The highest BCUT2D eigenvalue weighted by Gasteiger charge is 2.25. The number of morpholine rings is 2. The smallest absolute Gasteiger partial charge is 0.318 e. The van der Waals surface area contributed by atoms with Gasteiger partial charge in [0.25, 0.3) is 0 Å². The van der Waals surface area contributed by atoms with E-state index in [4.69, 9.17) is 9.47 Å². The van der Waals surface area contributed by atoms with Gasteiger partial charge in [0.05, 0.1) is 26.4 Å². The summed E-state index contributed by atoms with van der Waals surface area (Å²) in [5.41, 5.74) is 0. The molecule has 0 aromatic rings. The molecule has 3 amide bonds. The molecule has 108 valence electrons. The van der Waals surface area contributed by atoms with E-state index in [2.05, 4.69) is 5.32 Å². The third-order valence-electron chi connectivity index (χ3n) is 3.33. The Labute approximate surface area is 112 Å². The molecule has 7 heteroatoms. The summed E-state index contributed by atoms with van der Waals surface area (Å²) < 4.78 is 10.4. The normalized spacial score (nSPS) is 21.9. The van der Waals surface area contributed by atoms with Crippen LogP contribution in [0.25, 0.3) is 0 Å². The van der Waals surface area contributed by atoms with Crippen LogP contribution in [0.5, 0.6) is 0 Å². The van der Waals surface area contributed by atoms with Crippen molar-refractivity contribution in [2.24, 2.45) is 0 Å². The predicted octanol–water partition coefficient (Wildman–Crippen LogP) is -0.724. The first-order chi connectivity index (χ1) is 9.18. The second kappa shape index (κ2) is 6.72. The second-order valence-corrected chi connectivity index (χ2v) is 4.71. The predicted molar refractivity (Wildman–Crippen MR) is 67.8 cm³/mol. The fourth-order valence-corrected chi connectivity index (χ4v) is 2.16. The minimum absolute atomic E-state index is 0.0510. The number of carbonyl (C=O) groups excluding carboxylic acids is 2. The van der Waals surface area contributed by atoms with Crippen molar-refractivity contribution in [1.82, 2.24) is 15.1 Å². The summed E-state index contributed by atoms with van der Waals surface area (Å²) in [4.78, 5) is 27.5. The molecule has 2 rings (SSSR count). The van der Waals surface area contributed by atoms with Crippen LogP contribution in [0.2, 0.25) is 0 Å². The molecule has 0 spiro atoms. The van der Waals surface area contributed by atoms with Crippen LogP contribution in [-0.4, -0.2) is 80.4 Å². The van der Waals surface area contributed by atoms with Crippen LogP contribution < -0.4 is 5.32 Å². The Morgan fingerprint density at radius 2 is 1.42 bits per heavy atom. The zero-order valence-corrected chi connectivity index (χ0v) is 11.3. The molecular weight excluding hydrogens is 250 g/mol. The number of nitrogens with one attached hydrogen (secondary N) is 1. The average Bonchev–Trinajstić information content (AvgIpc) is 2.48. The first-order valence-electron chi connectivity index (χ1n) is 6.68. The van der Waals surface area contributed by atoms with Crippen molar-refractivity contribution >= 4 is 11.9 Å². The van der Waals surface area contributed by atoms with Crippen molar-refractivity contribution in [2.75, 3.05) is 52.6 Å². The van der Waals surface area contributed by atoms with Gasteiger partial charge in [-0.15, -0.1) is 0 Å². The van der Waals surface area contributed by atoms with E-state index in [9.17, 15) is 9.59 Å². The molecule has 0 bridgehead atoms. The SMILES string of the molecule is C[C@@H](NC(=O)N1CCOCC1)C(=O)N1CCOCC1. The van der Waals surface area contributed by atoms with E-state index in [0.29, 0.717) is 52.6 Å². The maximum atomic E-state index is 12.1. The molecule has 0 unspecified atom stereocenters. The molecule has 1 N–H and O–H groups in total. The molecule has 2 fully saturated rings. The molecule has 0 saturated carbocycles. The van der Waals surface area contributed by atoms with E-state index >= 15 is 0 Å². The molecular formula is C12H21N3O4. The van der Waals surface area contributed by atoms with E-state index in [0.717, 1.165) is 0 Å². The molecule has 0 aromatic heterocycles. The van der Waals surface area contributed by atoms with E-state index in [1.165, 1.54) is 0 Å². The number of ether oxygens (including phenoxy) is 2. The molecule has 2 aliphatic heterocycles. The molecule has 0 aromatic carbocycles. The number of urea groups is 1. The van der Waals surface area contributed by atoms with Gasteiger partial charge in [0, 0.05) is 26.2 Å². The lowest BCUT2D eigenvalue weighted by Gasteiger charge is -2.31. The molecule has 1 atom stereocenters. The highest BCUT2D eigenvalue weighted by molar-refractivity contribution is 5.86. The summed E-state index contributed by atoms with van der Waals surface area (Å²) in [6, 6.07) is -0.703. The molecule has 19 heavy (non-hydrogen) atoms. The average molecular weight is 271 g/mol. The number of carbonyl (C=O) groups is 2. The third-order valence-corrected chi connectivity index (χ3v) is 3.33. The maximum Gasteiger partial charge on any atom is 0.318 e. The summed E-state index contributed by atoms with van der Waals surface area (Å²) >= 11 is 0. The second-order valence-electron chi connectivity index (χ2n) is 4.71. The molecule has 2 saturated heterocycles. The van der Waals surface area contributed by atoms with Gasteiger partial charge in [0.2, 0.25) is 5.91 Å². The summed E-state index contributed by atoms with van der Waals surface area (Å²) in [6.07, 6.45) is 0. The Bertz CT molecular complexity index is 325. The first-order valence-corrected chi connectivity index (χ1v) is 6.68. The maximum absolute atomic E-state index is 12.1. The van der Waals surface area contributed by atoms with Gasteiger partial charge in [-0.25, -0.2) is 4.79 Å². The number of amides is 3. The molecule has 2 heterocycles. The van der Waals surface area contributed by atoms with Crippen molar-refractivity contribution < 1.29 is 19.1 Å². The van der Waals surface area contributed by atoms with E-state index in [-0.39, 0.29) is 11.9 Å². The Balaban J connectivity index is 1.80. The zero-order valence-electron chi connectivity index (χ0n) is 11.3. The summed E-state index contributed by atoms with van der Waals surface area (Å²) in [7, 11) is 0.